The number of halogens is 3. The zero-order valence-electron chi connectivity index (χ0n) is 13.2. The van der Waals surface area contributed by atoms with Gasteiger partial charge in [-0.2, -0.15) is 13.2 Å². The summed E-state index contributed by atoms with van der Waals surface area (Å²) in [5, 5.41) is 7.30. The first-order valence-corrected chi connectivity index (χ1v) is 6.96. The fraction of sp³-hybridized carbons (Fsp3) is 0.467. The van der Waals surface area contributed by atoms with E-state index in [1.807, 2.05) is 13.8 Å². The fourth-order valence-electron chi connectivity index (χ4n) is 1.84. The van der Waals surface area contributed by atoms with Crippen LogP contribution in [0.1, 0.15) is 25.0 Å². The van der Waals surface area contributed by atoms with Crippen LogP contribution in [0.25, 0.3) is 0 Å². The summed E-state index contributed by atoms with van der Waals surface area (Å²) in [4.78, 5) is 22.6. The Balaban J connectivity index is 2.61. The number of benzene rings is 1. The molecule has 0 aromatic heterocycles. The molecule has 3 N–H and O–H groups in total. The second-order valence-electron chi connectivity index (χ2n) is 5.67. The summed E-state index contributed by atoms with van der Waals surface area (Å²) < 4.78 is 37.7. The van der Waals surface area contributed by atoms with Crippen molar-refractivity contribution in [3.63, 3.8) is 0 Å². The molecule has 1 aromatic rings. The van der Waals surface area contributed by atoms with E-state index in [4.69, 9.17) is 0 Å². The summed E-state index contributed by atoms with van der Waals surface area (Å²) >= 11 is 0. The topological polar surface area (TPSA) is 70.2 Å². The van der Waals surface area contributed by atoms with Crippen molar-refractivity contribution in [2.45, 2.75) is 25.4 Å². The molecule has 0 aliphatic rings. The van der Waals surface area contributed by atoms with Crippen molar-refractivity contribution in [1.82, 2.24) is 16.0 Å². The molecule has 0 saturated heterocycles. The van der Waals surface area contributed by atoms with Gasteiger partial charge in [0, 0.05) is 19.0 Å². The molecule has 0 bridgehead atoms. The SMILES string of the molecule is CNC(=O)NCC(=O)NCC(C)(C)c1ccc(C(F)(F)F)cc1. The Hall–Kier alpha value is -2.25. The molecule has 8 heteroatoms. The monoisotopic (exact) mass is 331 g/mol. The summed E-state index contributed by atoms with van der Waals surface area (Å²) in [6.45, 7) is 3.67. The van der Waals surface area contributed by atoms with E-state index in [0.29, 0.717) is 5.56 Å². The lowest BCUT2D eigenvalue weighted by atomic mass is 9.84. The third kappa shape index (κ3) is 5.80. The third-order valence-electron chi connectivity index (χ3n) is 3.36. The van der Waals surface area contributed by atoms with Crippen molar-refractivity contribution in [3.8, 4) is 0 Å². The first-order valence-electron chi connectivity index (χ1n) is 6.96. The maximum atomic E-state index is 12.6. The molecular weight excluding hydrogens is 311 g/mol. The van der Waals surface area contributed by atoms with E-state index in [2.05, 4.69) is 16.0 Å². The number of carbonyl (C=O) groups is 2. The Labute approximate surface area is 132 Å². The molecule has 0 spiro atoms. The quantitative estimate of drug-likeness (QED) is 0.773. The van der Waals surface area contributed by atoms with Gasteiger partial charge in [0.25, 0.3) is 0 Å². The largest absolute Gasteiger partial charge is 0.416 e. The molecule has 3 amide bonds. The number of carbonyl (C=O) groups excluding carboxylic acids is 2. The van der Waals surface area contributed by atoms with Gasteiger partial charge in [-0.25, -0.2) is 4.79 Å². The Bertz CT molecular complexity index is 554. The second-order valence-corrected chi connectivity index (χ2v) is 5.67. The van der Waals surface area contributed by atoms with Crippen LogP contribution >= 0.6 is 0 Å². The Kier molecular flexibility index (Phi) is 6.00. The van der Waals surface area contributed by atoms with Crippen LogP contribution < -0.4 is 16.0 Å². The van der Waals surface area contributed by atoms with Crippen molar-refractivity contribution in [3.05, 3.63) is 35.4 Å². The fourth-order valence-corrected chi connectivity index (χ4v) is 1.84. The van der Waals surface area contributed by atoms with E-state index in [-0.39, 0.29) is 19.0 Å². The number of hydrogen-bond acceptors (Lipinski definition) is 2. The minimum Gasteiger partial charge on any atom is -0.354 e. The van der Waals surface area contributed by atoms with Gasteiger partial charge >= 0.3 is 12.2 Å². The van der Waals surface area contributed by atoms with Gasteiger partial charge in [-0.1, -0.05) is 26.0 Å². The van der Waals surface area contributed by atoms with Crippen molar-refractivity contribution in [1.29, 1.82) is 0 Å². The lowest BCUT2D eigenvalue weighted by molar-refractivity contribution is -0.137. The van der Waals surface area contributed by atoms with Gasteiger partial charge in [-0.05, 0) is 17.7 Å². The van der Waals surface area contributed by atoms with E-state index < -0.39 is 23.2 Å². The molecule has 0 aliphatic carbocycles. The molecule has 0 radical (unpaired) electrons. The molecule has 0 heterocycles. The average molecular weight is 331 g/mol. The standard InChI is InChI=1S/C15H20F3N3O2/c1-14(2,9-21-12(22)8-20-13(23)19-3)10-4-6-11(7-5-10)15(16,17)18/h4-7H,8-9H2,1-3H3,(H,21,22)(H2,19,20,23). The minimum atomic E-state index is -4.37. The minimum absolute atomic E-state index is 0.178. The molecule has 1 aromatic carbocycles. The van der Waals surface area contributed by atoms with Crippen LogP contribution in [0.2, 0.25) is 0 Å². The van der Waals surface area contributed by atoms with Crippen molar-refractivity contribution < 1.29 is 22.8 Å². The lowest BCUT2D eigenvalue weighted by Crippen LogP contribution is -2.44. The summed E-state index contributed by atoms with van der Waals surface area (Å²) in [6.07, 6.45) is -4.37. The summed E-state index contributed by atoms with van der Waals surface area (Å²) in [7, 11) is 1.43. The van der Waals surface area contributed by atoms with E-state index >= 15 is 0 Å². The summed E-state index contributed by atoms with van der Waals surface area (Å²) in [5.41, 5.74) is -0.590. The highest BCUT2D eigenvalue weighted by atomic mass is 19.4. The van der Waals surface area contributed by atoms with E-state index in [1.54, 1.807) is 0 Å². The van der Waals surface area contributed by atoms with Crippen LogP contribution in [0.15, 0.2) is 24.3 Å². The van der Waals surface area contributed by atoms with Crippen LogP contribution in [0.3, 0.4) is 0 Å². The number of rotatable bonds is 5. The normalized spacial score (nSPS) is 11.7. The molecule has 0 saturated carbocycles. The zero-order chi connectivity index (χ0) is 17.7. The highest BCUT2D eigenvalue weighted by molar-refractivity contribution is 5.83. The number of nitrogens with one attached hydrogen (secondary N) is 3. The van der Waals surface area contributed by atoms with Gasteiger partial charge in [0.2, 0.25) is 5.91 Å². The molecule has 0 aliphatic heterocycles. The first kappa shape index (κ1) is 18.8. The highest BCUT2D eigenvalue weighted by Gasteiger charge is 2.31. The van der Waals surface area contributed by atoms with Gasteiger partial charge < -0.3 is 16.0 Å². The van der Waals surface area contributed by atoms with Gasteiger partial charge in [-0.15, -0.1) is 0 Å². The number of amides is 3. The molecule has 0 unspecified atom stereocenters. The van der Waals surface area contributed by atoms with Crippen LogP contribution in [0.4, 0.5) is 18.0 Å². The van der Waals surface area contributed by atoms with Crippen LogP contribution in [0.5, 0.6) is 0 Å². The van der Waals surface area contributed by atoms with Crippen LogP contribution in [0, 0.1) is 0 Å². The molecule has 1 rings (SSSR count). The lowest BCUT2D eigenvalue weighted by Gasteiger charge is -2.26. The third-order valence-corrected chi connectivity index (χ3v) is 3.36. The molecule has 23 heavy (non-hydrogen) atoms. The number of urea groups is 1. The van der Waals surface area contributed by atoms with Gasteiger partial charge in [0.05, 0.1) is 12.1 Å². The Morgan fingerprint density at radius 3 is 2.00 bits per heavy atom. The van der Waals surface area contributed by atoms with Crippen molar-refractivity contribution in [2.75, 3.05) is 20.1 Å². The molecule has 5 nitrogen and oxygen atoms in total. The smallest absolute Gasteiger partial charge is 0.354 e. The second kappa shape index (κ2) is 7.34. The van der Waals surface area contributed by atoms with Crippen LogP contribution in [-0.2, 0) is 16.4 Å². The summed E-state index contributed by atoms with van der Waals surface area (Å²) in [6, 6.07) is 4.37. The predicted molar refractivity (Wildman–Crippen MR) is 79.9 cm³/mol. The Morgan fingerprint density at radius 2 is 1.52 bits per heavy atom. The Morgan fingerprint density at radius 1 is 1.00 bits per heavy atom. The highest BCUT2D eigenvalue weighted by Crippen LogP contribution is 2.31. The van der Waals surface area contributed by atoms with Crippen molar-refractivity contribution >= 4 is 11.9 Å². The molecule has 128 valence electrons. The maximum absolute atomic E-state index is 12.6. The number of hydrogen-bond donors (Lipinski definition) is 3. The molecular formula is C15H20F3N3O2. The van der Waals surface area contributed by atoms with Gasteiger partial charge in [0.15, 0.2) is 0 Å². The van der Waals surface area contributed by atoms with Crippen LogP contribution in [-0.4, -0.2) is 32.1 Å². The summed E-state index contributed by atoms with van der Waals surface area (Å²) in [5.74, 6) is -0.381. The van der Waals surface area contributed by atoms with E-state index in [0.717, 1.165) is 12.1 Å². The maximum Gasteiger partial charge on any atom is 0.416 e. The predicted octanol–water partition coefficient (Wildman–Crippen LogP) is 2.03. The van der Waals surface area contributed by atoms with E-state index in [9.17, 15) is 22.8 Å². The van der Waals surface area contributed by atoms with Crippen molar-refractivity contribution in [2.24, 2.45) is 0 Å². The van der Waals surface area contributed by atoms with Gasteiger partial charge in [-0.3, -0.25) is 4.79 Å². The first-order chi connectivity index (χ1) is 10.6. The molecule has 0 fully saturated rings. The van der Waals surface area contributed by atoms with Gasteiger partial charge in [0.1, 0.15) is 0 Å². The number of alkyl halides is 3. The zero-order valence-corrected chi connectivity index (χ0v) is 13.2. The van der Waals surface area contributed by atoms with E-state index in [1.165, 1.54) is 19.2 Å². The average Bonchev–Trinajstić information content (AvgIpc) is 2.50. The molecule has 0 atom stereocenters.